The second kappa shape index (κ2) is 4.92. The minimum absolute atomic E-state index is 0.298. The van der Waals surface area contributed by atoms with Gasteiger partial charge >= 0.3 is 5.97 Å². The smallest absolute Gasteiger partial charge is 0.308 e. The van der Waals surface area contributed by atoms with Gasteiger partial charge in [-0.25, -0.2) is 9.97 Å². The Hall–Kier alpha value is -1.44. The number of carboxylic acid groups (broad SMARTS) is 1. The van der Waals surface area contributed by atoms with Gasteiger partial charge in [-0.2, -0.15) is 0 Å². The van der Waals surface area contributed by atoms with E-state index in [4.69, 9.17) is 5.11 Å². The first-order valence-electron chi connectivity index (χ1n) is 6.03. The van der Waals surface area contributed by atoms with E-state index in [1.807, 2.05) is 23.1 Å². The van der Waals surface area contributed by atoms with Crippen LogP contribution in [-0.2, 0) is 4.79 Å². The average Bonchev–Trinajstić information content (AvgIpc) is 2.87. The Morgan fingerprint density at radius 3 is 3.00 bits per heavy atom. The monoisotopic (exact) mass is 369 g/mol. The molecule has 2 heterocycles. The summed E-state index contributed by atoms with van der Waals surface area (Å²) in [7, 11) is 0. The summed E-state index contributed by atoms with van der Waals surface area (Å²) in [6.45, 7) is 1.25. The van der Waals surface area contributed by atoms with Crippen molar-refractivity contribution in [1.29, 1.82) is 0 Å². The Labute approximate surface area is 123 Å². The predicted octanol–water partition coefficient (Wildman–Crippen LogP) is 2.15. The Morgan fingerprint density at radius 1 is 1.42 bits per heavy atom. The first kappa shape index (κ1) is 12.6. The average molecular weight is 369 g/mol. The van der Waals surface area contributed by atoms with Gasteiger partial charge in [0.1, 0.15) is 12.1 Å². The highest BCUT2D eigenvalue weighted by atomic mass is 127. The minimum Gasteiger partial charge on any atom is -0.481 e. The van der Waals surface area contributed by atoms with E-state index >= 15 is 0 Å². The van der Waals surface area contributed by atoms with Gasteiger partial charge < -0.3 is 10.0 Å². The molecule has 0 bridgehead atoms. The fourth-order valence-electron chi connectivity index (χ4n) is 2.42. The van der Waals surface area contributed by atoms with E-state index in [1.165, 1.54) is 0 Å². The van der Waals surface area contributed by atoms with Crippen molar-refractivity contribution in [3.05, 3.63) is 28.1 Å². The number of carboxylic acids is 1. The lowest BCUT2D eigenvalue weighted by molar-refractivity contribution is -0.140. The molecule has 0 radical (unpaired) electrons. The maximum atomic E-state index is 11.0. The number of rotatable bonds is 2. The fourth-order valence-corrected chi connectivity index (χ4v) is 2.91. The van der Waals surface area contributed by atoms with Crippen LogP contribution in [0.3, 0.4) is 0 Å². The molecule has 1 aliphatic rings. The molecular weight excluding hydrogens is 357 g/mol. The lowest BCUT2D eigenvalue weighted by atomic mass is 10.1. The molecule has 0 spiro atoms. The Kier molecular flexibility index (Phi) is 3.26. The first-order valence-corrected chi connectivity index (χ1v) is 7.11. The second-order valence-electron chi connectivity index (χ2n) is 4.63. The quantitative estimate of drug-likeness (QED) is 0.822. The van der Waals surface area contributed by atoms with E-state index in [1.54, 1.807) is 6.33 Å². The molecule has 1 aromatic heterocycles. The Balaban J connectivity index is 2.01. The number of carbonyl (C=O) groups is 1. The zero-order valence-corrected chi connectivity index (χ0v) is 12.2. The first-order chi connectivity index (χ1) is 9.15. The fraction of sp³-hybridized carbons (Fsp3) is 0.308. The number of nitrogens with zero attached hydrogens (tertiary/aromatic N) is 3. The van der Waals surface area contributed by atoms with Crippen LogP contribution in [0, 0.1) is 9.49 Å². The van der Waals surface area contributed by atoms with Gasteiger partial charge in [0, 0.05) is 22.0 Å². The van der Waals surface area contributed by atoms with Gasteiger partial charge in [0.05, 0.1) is 11.4 Å². The van der Waals surface area contributed by atoms with E-state index in [0.717, 1.165) is 26.8 Å². The largest absolute Gasteiger partial charge is 0.481 e. The van der Waals surface area contributed by atoms with Crippen molar-refractivity contribution in [2.24, 2.45) is 5.92 Å². The molecule has 0 saturated carbocycles. The van der Waals surface area contributed by atoms with Gasteiger partial charge in [0.25, 0.3) is 0 Å². The maximum Gasteiger partial charge on any atom is 0.308 e. The number of benzene rings is 1. The van der Waals surface area contributed by atoms with Crippen molar-refractivity contribution in [3.8, 4) is 0 Å². The van der Waals surface area contributed by atoms with Crippen molar-refractivity contribution in [3.63, 3.8) is 0 Å². The highest BCUT2D eigenvalue weighted by molar-refractivity contribution is 14.1. The molecule has 3 rings (SSSR count). The van der Waals surface area contributed by atoms with Crippen LogP contribution in [0.2, 0.25) is 0 Å². The van der Waals surface area contributed by atoms with Gasteiger partial charge in [-0.05, 0) is 47.2 Å². The SMILES string of the molecule is O=C(O)C1CCN(c2ncnc3ccc(I)cc23)C1. The van der Waals surface area contributed by atoms with Crippen LogP contribution in [0.5, 0.6) is 0 Å². The lowest BCUT2D eigenvalue weighted by Crippen LogP contribution is -2.23. The van der Waals surface area contributed by atoms with Gasteiger partial charge in [0.15, 0.2) is 0 Å². The molecule has 6 heteroatoms. The molecular formula is C13H12IN3O2. The molecule has 1 aliphatic heterocycles. The maximum absolute atomic E-state index is 11.0. The van der Waals surface area contributed by atoms with Crippen LogP contribution in [0.1, 0.15) is 6.42 Å². The van der Waals surface area contributed by atoms with Crippen LogP contribution in [0.4, 0.5) is 5.82 Å². The summed E-state index contributed by atoms with van der Waals surface area (Å²) in [6, 6.07) is 6.01. The van der Waals surface area contributed by atoms with Crippen LogP contribution in [0.15, 0.2) is 24.5 Å². The van der Waals surface area contributed by atoms with Crippen LogP contribution in [0.25, 0.3) is 10.9 Å². The molecule has 0 amide bonds. The topological polar surface area (TPSA) is 66.3 Å². The minimum atomic E-state index is -0.726. The van der Waals surface area contributed by atoms with Crippen LogP contribution < -0.4 is 4.90 Å². The van der Waals surface area contributed by atoms with E-state index < -0.39 is 5.97 Å². The summed E-state index contributed by atoms with van der Waals surface area (Å²) in [5, 5.41) is 10.1. The summed E-state index contributed by atoms with van der Waals surface area (Å²) in [4.78, 5) is 21.7. The third kappa shape index (κ3) is 2.36. The molecule has 1 atom stereocenters. The van der Waals surface area contributed by atoms with Crippen LogP contribution >= 0.6 is 22.6 Å². The Bertz CT molecular complexity index is 647. The number of aromatic nitrogens is 2. The zero-order valence-electron chi connectivity index (χ0n) is 10.1. The summed E-state index contributed by atoms with van der Waals surface area (Å²) in [5.74, 6) is -0.185. The van der Waals surface area contributed by atoms with E-state index in [2.05, 4.69) is 32.6 Å². The van der Waals surface area contributed by atoms with Crippen molar-refractivity contribution >= 4 is 45.3 Å². The highest BCUT2D eigenvalue weighted by Crippen LogP contribution is 2.29. The highest BCUT2D eigenvalue weighted by Gasteiger charge is 2.29. The second-order valence-corrected chi connectivity index (χ2v) is 5.87. The number of aliphatic carboxylic acids is 1. The normalized spacial score (nSPS) is 19.0. The standard InChI is InChI=1S/C13H12IN3O2/c14-9-1-2-11-10(5-9)12(16-7-15-11)17-4-3-8(6-17)13(18)19/h1-2,5,7-8H,3-4,6H2,(H,18,19). The summed E-state index contributed by atoms with van der Waals surface area (Å²) < 4.78 is 1.12. The summed E-state index contributed by atoms with van der Waals surface area (Å²) in [5.41, 5.74) is 0.893. The molecule has 1 fully saturated rings. The third-order valence-electron chi connectivity index (χ3n) is 3.41. The summed E-state index contributed by atoms with van der Waals surface area (Å²) in [6.07, 6.45) is 2.21. The van der Waals surface area contributed by atoms with E-state index in [0.29, 0.717) is 13.0 Å². The van der Waals surface area contributed by atoms with Gasteiger partial charge in [-0.1, -0.05) is 0 Å². The molecule has 0 aliphatic carbocycles. The van der Waals surface area contributed by atoms with E-state index in [-0.39, 0.29) is 5.92 Å². The molecule has 1 unspecified atom stereocenters. The van der Waals surface area contributed by atoms with Crippen molar-refractivity contribution in [2.75, 3.05) is 18.0 Å². The number of hydrogen-bond donors (Lipinski definition) is 1. The molecule has 98 valence electrons. The van der Waals surface area contributed by atoms with Gasteiger partial charge in [-0.3, -0.25) is 4.79 Å². The number of halogens is 1. The molecule has 1 aromatic carbocycles. The molecule has 19 heavy (non-hydrogen) atoms. The molecule has 5 nitrogen and oxygen atoms in total. The van der Waals surface area contributed by atoms with E-state index in [9.17, 15) is 4.79 Å². The van der Waals surface area contributed by atoms with Crippen molar-refractivity contribution in [2.45, 2.75) is 6.42 Å². The van der Waals surface area contributed by atoms with Crippen molar-refractivity contribution < 1.29 is 9.90 Å². The number of fused-ring (bicyclic) bond motifs is 1. The third-order valence-corrected chi connectivity index (χ3v) is 4.08. The summed E-state index contributed by atoms with van der Waals surface area (Å²) >= 11 is 2.25. The number of hydrogen-bond acceptors (Lipinski definition) is 4. The molecule has 2 aromatic rings. The van der Waals surface area contributed by atoms with Crippen molar-refractivity contribution in [1.82, 2.24) is 9.97 Å². The van der Waals surface area contributed by atoms with Crippen LogP contribution in [-0.4, -0.2) is 34.1 Å². The zero-order chi connectivity index (χ0) is 13.4. The molecule has 1 N–H and O–H groups in total. The number of anilines is 1. The van der Waals surface area contributed by atoms with Gasteiger partial charge in [-0.15, -0.1) is 0 Å². The Morgan fingerprint density at radius 2 is 2.26 bits per heavy atom. The lowest BCUT2D eigenvalue weighted by Gasteiger charge is -2.18. The molecule has 1 saturated heterocycles. The predicted molar refractivity (Wildman–Crippen MR) is 80.2 cm³/mol. The van der Waals surface area contributed by atoms with Gasteiger partial charge in [0.2, 0.25) is 0 Å².